The van der Waals surface area contributed by atoms with E-state index < -0.39 is 35.6 Å². The molecule has 10 nitrogen and oxygen atoms in total. The number of urea groups is 1. The molecule has 1 unspecified atom stereocenters. The number of aryl methyl sites for hydroxylation is 1. The van der Waals surface area contributed by atoms with Crippen molar-refractivity contribution < 1.29 is 27.5 Å². The molecule has 2 aromatic heterocycles. The van der Waals surface area contributed by atoms with Crippen LogP contribution >= 0.6 is 0 Å². The van der Waals surface area contributed by atoms with Gasteiger partial charge in [-0.05, 0) is 31.5 Å². The molecule has 39 heavy (non-hydrogen) atoms. The SMILES string of the molecule is CNC(=O)Cc1c(C)nn(-c2cc(OC3CN(C(=O)N4N=CCC4c4cc(F)cc(F)c4)C3)c(F)cn2)c1C. The van der Waals surface area contributed by atoms with Gasteiger partial charge in [-0.1, -0.05) is 0 Å². The van der Waals surface area contributed by atoms with Gasteiger partial charge in [0.15, 0.2) is 17.4 Å². The number of benzene rings is 1. The molecular weight excluding hydrogens is 515 g/mol. The molecule has 0 saturated carbocycles. The number of rotatable bonds is 6. The molecule has 0 bridgehead atoms. The maximum absolute atomic E-state index is 14.6. The Morgan fingerprint density at radius 3 is 2.51 bits per heavy atom. The van der Waals surface area contributed by atoms with E-state index in [4.69, 9.17) is 4.74 Å². The lowest BCUT2D eigenvalue weighted by atomic mass is 10.0. The molecule has 0 aliphatic carbocycles. The van der Waals surface area contributed by atoms with Crippen LogP contribution in [0, 0.1) is 31.3 Å². The Kier molecular flexibility index (Phi) is 6.98. The number of likely N-dealkylation sites (tertiary alicyclic amines) is 1. The summed E-state index contributed by atoms with van der Waals surface area (Å²) >= 11 is 0. The van der Waals surface area contributed by atoms with E-state index in [0.717, 1.165) is 17.8 Å². The van der Waals surface area contributed by atoms with E-state index in [1.165, 1.54) is 39.0 Å². The zero-order valence-electron chi connectivity index (χ0n) is 21.5. The van der Waals surface area contributed by atoms with Gasteiger partial charge in [-0.3, -0.25) is 4.79 Å². The van der Waals surface area contributed by atoms with E-state index >= 15 is 0 Å². The maximum Gasteiger partial charge on any atom is 0.341 e. The van der Waals surface area contributed by atoms with E-state index in [1.54, 1.807) is 20.9 Å². The number of carbonyl (C=O) groups is 2. The van der Waals surface area contributed by atoms with Crippen LogP contribution < -0.4 is 10.1 Å². The fourth-order valence-corrected chi connectivity index (χ4v) is 4.65. The molecule has 13 heteroatoms. The first-order valence-electron chi connectivity index (χ1n) is 12.3. The first-order valence-corrected chi connectivity index (χ1v) is 12.3. The van der Waals surface area contributed by atoms with Crippen LogP contribution in [0.5, 0.6) is 5.75 Å². The Morgan fingerprint density at radius 2 is 1.82 bits per heavy atom. The van der Waals surface area contributed by atoms with E-state index in [2.05, 4.69) is 20.5 Å². The summed E-state index contributed by atoms with van der Waals surface area (Å²) in [4.78, 5) is 30.5. The van der Waals surface area contributed by atoms with Gasteiger partial charge in [0.25, 0.3) is 0 Å². The lowest BCUT2D eigenvalue weighted by Gasteiger charge is -2.41. The first kappa shape index (κ1) is 26.2. The fraction of sp³-hybridized carbons (Fsp3) is 0.346. The molecule has 3 aromatic rings. The number of nitrogens with zero attached hydrogens (tertiary/aromatic N) is 6. The minimum atomic E-state index is -0.733. The van der Waals surface area contributed by atoms with Crippen LogP contribution in [0.25, 0.3) is 5.82 Å². The van der Waals surface area contributed by atoms with Gasteiger partial charge in [0, 0.05) is 43.1 Å². The molecule has 1 N–H and O–H groups in total. The summed E-state index contributed by atoms with van der Waals surface area (Å²) in [5.74, 6) is -2.03. The molecule has 4 heterocycles. The van der Waals surface area contributed by atoms with Gasteiger partial charge >= 0.3 is 6.03 Å². The van der Waals surface area contributed by atoms with Gasteiger partial charge < -0.3 is 15.0 Å². The second kappa shape index (κ2) is 10.4. The second-order valence-corrected chi connectivity index (χ2v) is 9.41. The first-order chi connectivity index (χ1) is 18.6. The number of hydrogen-bond donors (Lipinski definition) is 1. The van der Waals surface area contributed by atoms with E-state index in [9.17, 15) is 22.8 Å². The van der Waals surface area contributed by atoms with Crippen molar-refractivity contribution >= 4 is 18.2 Å². The standard InChI is InChI=1S/C26H26F3N7O3/c1-14-20(9-25(37)30-3)15(2)35(33-14)24-10-23(21(29)11-31-24)39-19-12-34(13-19)26(38)36-22(4-5-32-36)16-6-17(27)8-18(28)7-16/h5-8,10-11,19,22H,4,9,12-13H2,1-3H3,(H,30,37). The number of amides is 3. The molecule has 2 aliphatic heterocycles. The summed E-state index contributed by atoms with van der Waals surface area (Å²) in [5.41, 5.74) is 2.41. The van der Waals surface area contributed by atoms with Gasteiger partial charge in [0.2, 0.25) is 5.91 Å². The highest BCUT2D eigenvalue weighted by molar-refractivity contribution is 5.79. The largest absolute Gasteiger partial charge is 0.483 e. The minimum absolute atomic E-state index is 0.0511. The smallest absolute Gasteiger partial charge is 0.341 e. The predicted octanol–water partition coefficient (Wildman–Crippen LogP) is 3.21. The average molecular weight is 542 g/mol. The van der Waals surface area contributed by atoms with Crippen molar-refractivity contribution in [1.82, 2.24) is 30.0 Å². The second-order valence-electron chi connectivity index (χ2n) is 9.41. The zero-order valence-corrected chi connectivity index (χ0v) is 21.5. The fourth-order valence-electron chi connectivity index (χ4n) is 4.65. The molecule has 3 amide bonds. The highest BCUT2D eigenvalue weighted by Crippen LogP contribution is 2.32. The molecule has 1 fully saturated rings. The van der Waals surface area contributed by atoms with Gasteiger partial charge in [0.1, 0.15) is 17.7 Å². The monoisotopic (exact) mass is 541 g/mol. The molecule has 2 aliphatic rings. The summed E-state index contributed by atoms with van der Waals surface area (Å²) in [5, 5.41) is 12.3. The highest BCUT2D eigenvalue weighted by Gasteiger charge is 2.39. The number of pyridine rings is 1. The normalized spacial score (nSPS) is 16.9. The molecular formula is C26H26F3N7O3. The molecule has 5 rings (SSSR count). The topological polar surface area (TPSA) is 105 Å². The predicted molar refractivity (Wildman–Crippen MR) is 134 cm³/mol. The Labute approximate surface area is 222 Å². The summed E-state index contributed by atoms with van der Waals surface area (Å²) in [7, 11) is 1.56. The maximum atomic E-state index is 14.6. The van der Waals surface area contributed by atoms with E-state index in [1.807, 2.05) is 0 Å². The summed E-state index contributed by atoms with van der Waals surface area (Å²) in [6, 6.07) is 3.47. The molecule has 1 saturated heterocycles. The minimum Gasteiger partial charge on any atom is -0.483 e. The van der Waals surface area contributed by atoms with Crippen LogP contribution in [-0.2, 0) is 11.2 Å². The van der Waals surface area contributed by atoms with Crippen LogP contribution in [-0.4, -0.2) is 69.1 Å². The van der Waals surface area contributed by atoms with Crippen LogP contribution in [0.4, 0.5) is 18.0 Å². The van der Waals surface area contributed by atoms with Crippen molar-refractivity contribution in [2.75, 3.05) is 20.1 Å². The van der Waals surface area contributed by atoms with Crippen LogP contribution in [0.3, 0.4) is 0 Å². The molecule has 1 atom stereocenters. The summed E-state index contributed by atoms with van der Waals surface area (Å²) in [6.45, 7) is 3.92. The zero-order chi connectivity index (χ0) is 27.8. The Hall–Kier alpha value is -4.42. The number of halogens is 3. The summed E-state index contributed by atoms with van der Waals surface area (Å²) in [6.07, 6.45) is 2.54. The Morgan fingerprint density at radius 1 is 1.10 bits per heavy atom. The quantitative estimate of drug-likeness (QED) is 0.516. The van der Waals surface area contributed by atoms with E-state index in [0.29, 0.717) is 29.2 Å². The molecule has 0 radical (unpaired) electrons. The third-order valence-corrected chi connectivity index (χ3v) is 6.79. The Balaban J connectivity index is 1.25. The average Bonchev–Trinajstić information content (AvgIpc) is 3.47. The number of likely N-dealkylation sites (N-methyl/N-ethyl adjacent to an activating group) is 1. The van der Waals surface area contributed by atoms with Gasteiger partial charge in [-0.15, -0.1) is 0 Å². The summed E-state index contributed by atoms with van der Waals surface area (Å²) < 4.78 is 49.3. The number of ether oxygens (including phenoxy) is 1. The van der Waals surface area contributed by atoms with E-state index in [-0.39, 0.29) is 31.2 Å². The lowest BCUT2D eigenvalue weighted by molar-refractivity contribution is -0.119. The van der Waals surface area contributed by atoms with Gasteiger partial charge in [-0.25, -0.2) is 32.6 Å². The molecule has 204 valence electrons. The molecule has 0 spiro atoms. The number of carbonyl (C=O) groups excluding carboxylic acids is 2. The highest BCUT2D eigenvalue weighted by atomic mass is 19.1. The Bertz CT molecular complexity index is 1450. The van der Waals surface area contributed by atoms with Crippen molar-refractivity contribution in [1.29, 1.82) is 0 Å². The van der Waals surface area contributed by atoms with Crippen LogP contribution in [0.15, 0.2) is 35.6 Å². The number of hydrogen-bond acceptors (Lipinski definition) is 6. The third kappa shape index (κ3) is 5.16. The van der Waals surface area contributed by atoms with Crippen molar-refractivity contribution in [3.05, 3.63) is 70.4 Å². The van der Waals surface area contributed by atoms with Crippen molar-refractivity contribution in [3.63, 3.8) is 0 Å². The van der Waals surface area contributed by atoms with Gasteiger partial charge in [0.05, 0.1) is 37.4 Å². The lowest BCUT2D eigenvalue weighted by Crippen LogP contribution is -2.58. The van der Waals surface area contributed by atoms with Crippen molar-refractivity contribution in [2.45, 2.75) is 38.8 Å². The number of nitrogens with one attached hydrogen (secondary N) is 1. The molecule has 1 aromatic carbocycles. The third-order valence-electron chi connectivity index (χ3n) is 6.79. The number of hydrazone groups is 1. The van der Waals surface area contributed by atoms with Crippen molar-refractivity contribution in [2.24, 2.45) is 5.10 Å². The number of aromatic nitrogens is 3. The van der Waals surface area contributed by atoms with Crippen LogP contribution in [0.2, 0.25) is 0 Å². The van der Waals surface area contributed by atoms with Crippen LogP contribution in [0.1, 0.15) is 35.0 Å². The van der Waals surface area contributed by atoms with Gasteiger partial charge in [-0.2, -0.15) is 10.2 Å². The van der Waals surface area contributed by atoms with Crippen molar-refractivity contribution in [3.8, 4) is 11.6 Å².